The van der Waals surface area contributed by atoms with E-state index in [1.165, 1.54) is 26.0 Å². The van der Waals surface area contributed by atoms with Crippen LogP contribution in [0.1, 0.15) is 50.5 Å². The van der Waals surface area contributed by atoms with Gasteiger partial charge in [-0.15, -0.1) is 0 Å². The number of furan rings is 1. The molecular formula is C31H30F7N5O4. The number of nitrogens with one attached hydrogen (secondary N) is 2. The summed E-state index contributed by atoms with van der Waals surface area (Å²) in [6.07, 6.45) is -7.73. The molecule has 9 nitrogen and oxygen atoms in total. The summed E-state index contributed by atoms with van der Waals surface area (Å²) >= 11 is 0. The maximum Gasteiger partial charge on any atom is 0.490 e. The Labute approximate surface area is 263 Å². The van der Waals surface area contributed by atoms with Gasteiger partial charge in [0.1, 0.15) is 34.2 Å². The highest BCUT2D eigenvalue weighted by molar-refractivity contribution is 6.06. The van der Waals surface area contributed by atoms with Gasteiger partial charge in [0.25, 0.3) is 0 Å². The van der Waals surface area contributed by atoms with Crippen molar-refractivity contribution in [1.82, 2.24) is 20.2 Å². The van der Waals surface area contributed by atoms with Crippen LogP contribution in [0.5, 0.6) is 0 Å². The van der Waals surface area contributed by atoms with Gasteiger partial charge in [-0.2, -0.15) is 31.6 Å². The molecule has 47 heavy (non-hydrogen) atoms. The number of hydrogen-bond donors (Lipinski definition) is 3. The van der Waals surface area contributed by atoms with Crippen LogP contribution in [0.25, 0.3) is 33.2 Å². The number of imidazole rings is 1. The first kappa shape index (κ1) is 35.2. The zero-order valence-electron chi connectivity index (χ0n) is 25.5. The number of carboxylic acids is 1. The van der Waals surface area contributed by atoms with E-state index in [0.717, 1.165) is 22.5 Å². The second-order valence-corrected chi connectivity index (χ2v) is 12.0. The lowest BCUT2D eigenvalue weighted by Crippen LogP contribution is -2.53. The Morgan fingerprint density at radius 2 is 1.70 bits per heavy atom. The molecule has 4 aromatic rings. The molecule has 1 amide bonds. The minimum atomic E-state index is -5.08. The summed E-state index contributed by atoms with van der Waals surface area (Å²) in [7, 11) is 1.89. The van der Waals surface area contributed by atoms with Gasteiger partial charge in [-0.25, -0.2) is 14.2 Å². The van der Waals surface area contributed by atoms with E-state index in [2.05, 4.69) is 15.6 Å². The van der Waals surface area contributed by atoms with E-state index in [1.807, 2.05) is 42.9 Å². The molecule has 0 saturated heterocycles. The van der Waals surface area contributed by atoms with Crippen molar-refractivity contribution >= 4 is 33.8 Å². The van der Waals surface area contributed by atoms with Crippen LogP contribution in [-0.2, 0) is 16.6 Å². The van der Waals surface area contributed by atoms with Crippen molar-refractivity contribution in [3.8, 4) is 17.3 Å². The van der Waals surface area contributed by atoms with Crippen LogP contribution in [0.4, 0.5) is 30.7 Å². The number of carbonyl (C=O) groups excluding carboxylic acids is 1. The van der Waals surface area contributed by atoms with E-state index in [1.54, 1.807) is 12.1 Å². The lowest BCUT2D eigenvalue weighted by atomic mass is 9.96. The molecular weight excluding hydrogens is 639 g/mol. The normalized spacial score (nSPS) is 15.8. The molecule has 5 rings (SSSR count). The molecule has 2 atom stereocenters. The first-order valence-corrected chi connectivity index (χ1v) is 14.1. The fourth-order valence-corrected chi connectivity index (χ4v) is 4.84. The van der Waals surface area contributed by atoms with Gasteiger partial charge in [0.2, 0.25) is 5.91 Å². The smallest absolute Gasteiger partial charge is 0.475 e. The van der Waals surface area contributed by atoms with Gasteiger partial charge in [-0.1, -0.05) is 12.1 Å². The number of rotatable bonds is 8. The van der Waals surface area contributed by atoms with Crippen molar-refractivity contribution in [2.75, 3.05) is 0 Å². The Morgan fingerprint density at radius 3 is 2.19 bits per heavy atom. The van der Waals surface area contributed by atoms with E-state index in [9.17, 15) is 40.8 Å². The number of benzene rings is 2. The SMILES string of the molecule is Cc1nc(-c2ccc3oc4cc([C@H](N[C@@H](CC(C)(C)F)C(=O)NC5(C#N)CC5)C(F)(F)F)ccc4c3c2)cn1C.O=C(O)C(F)(F)F. The highest BCUT2D eigenvalue weighted by atomic mass is 19.4. The van der Waals surface area contributed by atoms with Crippen LogP contribution in [0.15, 0.2) is 47.0 Å². The number of aromatic nitrogens is 2. The van der Waals surface area contributed by atoms with Crippen molar-refractivity contribution < 1.29 is 49.8 Å². The monoisotopic (exact) mass is 669 g/mol. The van der Waals surface area contributed by atoms with Crippen molar-refractivity contribution in [3.63, 3.8) is 0 Å². The molecule has 0 spiro atoms. The van der Waals surface area contributed by atoms with E-state index >= 15 is 0 Å². The second-order valence-electron chi connectivity index (χ2n) is 12.0. The van der Waals surface area contributed by atoms with Crippen LogP contribution >= 0.6 is 0 Å². The Hall–Kier alpha value is -4.65. The standard InChI is InChI=1S/C29H29F4N5O2.C2HF3O2/c1-16-35-22(14-38(16)4)17-6-8-23-20(11-17)19-7-5-18(12-24(19)40-23)25(29(31,32)33)36-21(13-27(2,3)30)26(39)37-28(15-34)9-10-28;3-2(4,5)1(6)7/h5-8,11-12,14,21,25,36H,9-10,13H2,1-4H3,(H,37,39);(H,6,7)/t21-,25-;/m0./s1. The molecule has 0 bridgehead atoms. The van der Waals surface area contributed by atoms with Crippen LogP contribution < -0.4 is 10.6 Å². The number of aliphatic carboxylic acids is 1. The van der Waals surface area contributed by atoms with Gasteiger partial charge in [0.05, 0.1) is 17.8 Å². The molecule has 0 unspecified atom stereocenters. The zero-order valence-corrected chi connectivity index (χ0v) is 25.5. The summed E-state index contributed by atoms with van der Waals surface area (Å²) in [6.45, 7) is 4.27. The number of hydrogen-bond acceptors (Lipinski definition) is 6. The summed E-state index contributed by atoms with van der Waals surface area (Å²) < 4.78 is 97.3. The van der Waals surface area contributed by atoms with E-state index in [-0.39, 0.29) is 11.1 Å². The first-order chi connectivity index (χ1) is 21.6. The fraction of sp³-hybridized carbons (Fsp3) is 0.419. The minimum Gasteiger partial charge on any atom is -0.475 e. The third-order valence-corrected chi connectivity index (χ3v) is 7.50. The molecule has 1 saturated carbocycles. The third kappa shape index (κ3) is 8.39. The van der Waals surface area contributed by atoms with Crippen molar-refractivity contribution in [1.29, 1.82) is 5.26 Å². The second kappa shape index (κ2) is 12.5. The highest BCUT2D eigenvalue weighted by Crippen LogP contribution is 2.39. The summed E-state index contributed by atoms with van der Waals surface area (Å²) in [5.41, 5.74) is -0.888. The quantitative estimate of drug-likeness (QED) is 0.176. The number of alkyl halides is 7. The van der Waals surface area contributed by atoms with Crippen LogP contribution in [0.3, 0.4) is 0 Å². The highest BCUT2D eigenvalue weighted by Gasteiger charge is 2.48. The van der Waals surface area contributed by atoms with Gasteiger partial charge in [-0.3, -0.25) is 10.1 Å². The van der Waals surface area contributed by atoms with Gasteiger partial charge in [0.15, 0.2) is 0 Å². The molecule has 2 heterocycles. The Bertz CT molecular complexity index is 1820. The fourth-order valence-electron chi connectivity index (χ4n) is 4.84. The predicted octanol–water partition coefficient (Wildman–Crippen LogP) is 6.80. The van der Waals surface area contributed by atoms with E-state index in [4.69, 9.17) is 14.3 Å². The number of nitrogens with zero attached hydrogens (tertiary/aromatic N) is 3. The zero-order chi connectivity index (χ0) is 35.1. The Kier molecular flexibility index (Phi) is 9.37. The lowest BCUT2D eigenvalue weighted by molar-refractivity contribution is -0.192. The summed E-state index contributed by atoms with van der Waals surface area (Å²) in [5.74, 6) is -2.76. The number of carboxylic acid groups (broad SMARTS) is 1. The van der Waals surface area contributed by atoms with Gasteiger partial charge >= 0.3 is 18.3 Å². The van der Waals surface area contributed by atoms with Crippen LogP contribution in [0, 0.1) is 18.3 Å². The molecule has 3 N–H and O–H groups in total. The molecule has 1 aliphatic rings. The minimum absolute atomic E-state index is 0.185. The Balaban J connectivity index is 0.000000644. The summed E-state index contributed by atoms with van der Waals surface area (Å²) in [5, 5.41) is 22.6. The largest absolute Gasteiger partial charge is 0.490 e. The summed E-state index contributed by atoms with van der Waals surface area (Å²) in [4.78, 5) is 26.4. The molecule has 16 heteroatoms. The van der Waals surface area contributed by atoms with Crippen LogP contribution in [0.2, 0.25) is 0 Å². The maximum absolute atomic E-state index is 14.6. The number of halogens is 7. The average molecular weight is 670 g/mol. The average Bonchev–Trinajstić information content (AvgIpc) is 3.51. The number of carbonyl (C=O) groups is 2. The van der Waals surface area contributed by atoms with E-state index in [0.29, 0.717) is 23.8 Å². The third-order valence-electron chi connectivity index (χ3n) is 7.50. The molecule has 2 aromatic heterocycles. The number of aryl methyl sites for hydroxylation is 2. The Morgan fingerprint density at radius 1 is 1.06 bits per heavy atom. The molecule has 2 aromatic carbocycles. The van der Waals surface area contributed by atoms with Gasteiger partial charge in [0, 0.05) is 36.0 Å². The number of fused-ring (bicyclic) bond motifs is 3. The van der Waals surface area contributed by atoms with Crippen LogP contribution in [-0.4, -0.2) is 56.1 Å². The molecule has 1 aliphatic carbocycles. The molecule has 0 aliphatic heterocycles. The number of nitriles is 1. The van der Waals surface area contributed by atoms with Gasteiger partial charge in [-0.05, 0) is 63.4 Å². The molecule has 1 fully saturated rings. The maximum atomic E-state index is 14.6. The summed E-state index contributed by atoms with van der Waals surface area (Å²) in [6, 6.07) is 7.79. The van der Waals surface area contributed by atoms with Crippen molar-refractivity contribution in [2.24, 2.45) is 7.05 Å². The van der Waals surface area contributed by atoms with Gasteiger partial charge < -0.3 is 19.4 Å². The van der Waals surface area contributed by atoms with Crippen molar-refractivity contribution in [3.05, 3.63) is 54.0 Å². The lowest BCUT2D eigenvalue weighted by Gasteiger charge is -2.30. The van der Waals surface area contributed by atoms with Crippen molar-refractivity contribution in [2.45, 2.75) is 75.7 Å². The topological polar surface area (TPSA) is 133 Å². The molecule has 252 valence electrons. The predicted molar refractivity (Wildman–Crippen MR) is 156 cm³/mol. The first-order valence-electron chi connectivity index (χ1n) is 14.1. The molecule has 0 radical (unpaired) electrons. The number of amides is 1. The van der Waals surface area contributed by atoms with E-state index < -0.39 is 53.9 Å².